The number of carbonyl (C=O) groups excluding carboxylic acids is 1. The maximum absolute atomic E-state index is 11.8. The number of nitrogens with one attached hydrogen (secondary N) is 1. The minimum atomic E-state index is 0.0160. The molecular weight excluding hydrogens is 318 g/mol. The van der Waals surface area contributed by atoms with Gasteiger partial charge in [0, 0.05) is 29.3 Å². The first-order chi connectivity index (χ1) is 9.58. The van der Waals surface area contributed by atoms with Crippen molar-refractivity contribution in [2.75, 3.05) is 18.0 Å². The van der Waals surface area contributed by atoms with Gasteiger partial charge in [-0.2, -0.15) is 0 Å². The summed E-state index contributed by atoms with van der Waals surface area (Å²) in [6.07, 6.45) is 2.08. The second-order valence-corrected chi connectivity index (χ2v) is 6.60. The van der Waals surface area contributed by atoms with Gasteiger partial charge in [-0.15, -0.1) is 0 Å². The smallest absolute Gasteiger partial charge is 0.225 e. The van der Waals surface area contributed by atoms with E-state index < -0.39 is 0 Å². The predicted octanol–water partition coefficient (Wildman–Crippen LogP) is 2.18. The fourth-order valence-electron chi connectivity index (χ4n) is 3.34. The van der Waals surface area contributed by atoms with Crippen molar-refractivity contribution in [2.45, 2.75) is 31.8 Å². The summed E-state index contributed by atoms with van der Waals surface area (Å²) in [6, 6.07) is 6.64. The highest BCUT2D eigenvalue weighted by molar-refractivity contribution is 9.10. The van der Waals surface area contributed by atoms with Crippen molar-refractivity contribution < 1.29 is 4.79 Å². The average molecular weight is 338 g/mol. The first-order valence-corrected chi connectivity index (χ1v) is 7.96. The van der Waals surface area contributed by atoms with Gasteiger partial charge in [-0.1, -0.05) is 22.0 Å². The van der Waals surface area contributed by atoms with Crippen molar-refractivity contribution in [1.29, 1.82) is 0 Å². The van der Waals surface area contributed by atoms with Crippen molar-refractivity contribution in [3.63, 3.8) is 0 Å². The Morgan fingerprint density at radius 3 is 3.00 bits per heavy atom. The molecule has 0 aromatic heterocycles. The van der Waals surface area contributed by atoms with Crippen molar-refractivity contribution in [1.82, 2.24) is 5.32 Å². The molecule has 3 atom stereocenters. The lowest BCUT2D eigenvalue weighted by Crippen LogP contribution is -2.45. The van der Waals surface area contributed by atoms with Gasteiger partial charge >= 0.3 is 0 Å². The molecule has 0 saturated carbocycles. The summed E-state index contributed by atoms with van der Waals surface area (Å²) in [5.41, 5.74) is 8.24. The lowest BCUT2D eigenvalue weighted by Gasteiger charge is -2.38. The van der Waals surface area contributed by atoms with Crippen LogP contribution in [0, 0.1) is 5.92 Å². The molecule has 4 nitrogen and oxygen atoms in total. The molecule has 0 radical (unpaired) electrons. The predicted molar refractivity (Wildman–Crippen MR) is 83.6 cm³/mol. The third-order valence-corrected chi connectivity index (χ3v) is 5.09. The number of benzene rings is 1. The number of hydrogen-bond acceptors (Lipinski definition) is 3. The maximum atomic E-state index is 11.8. The number of hydrogen-bond donors (Lipinski definition) is 2. The molecule has 3 unspecified atom stereocenters. The molecule has 2 heterocycles. The van der Waals surface area contributed by atoms with Crippen LogP contribution < -0.4 is 16.0 Å². The first kappa shape index (κ1) is 13.9. The Morgan fingerprint density at radius 2 is 2.30 bits per heavy atom. The average Bonchev–Trinajstić information content (AvgIpc) is 2.80. The Morgan fingerprint density at radius 1 is 1.50 bits per heavy atom. The minimum absolute atomic E-state index is 0.0160. The van der Waals surface area contributed by atoms with Crippen LogP contribution in [0.5, 0.6) is 0 Å². The second kappa shape index (κ2) is 5.37. The quantitative estimate of drug-likeness (QED) is 0.869. The van der Waals surface area contributed by atoms with Crippen LogP contribution in [0.3, 0.4) is 0 Å². The molecule has 3 N–H and O–H groups in total. The largest absolute Gasteiger partial charge is 0.366 e. The van der Waals surface area contributed by atoms with Crippen LogP contribution >= 0.6 is 15.9 Å². The Bertz CT molecular complexity index is 532. The van der Waals surface area contributed by atoms with Gasteiger partial charge in [0.1, 0.15) is 0 Å². The Labute approximate surface area is 127 Å². The molecule has 0 bridgehead atoms. The van der Waals surface area contributed by atoms with E-state index in [0.717, 1.165) is 36.0 Å². The van der Waals surface area contributed by atoms with Crippen molar-refractivity contribution in [3.8, 4) is 0 Å². The standard InChI is InChI=1S/C15H20BrN3O/c1-9(17)11-5-4-10(7-13(11)16)19-6-2-3-12-14(19)8-18-15(12)20/h4-5,7,9,12,14H,2-3,6,8,17H2,1H3,(H,18,20). The van der Waals surface area contributed by atoms with Crippen LogP contribution in [-0.4, -0.2) is 25.0 Å². The molecule has 0 spiro atoms. The van der Waals surface area contributed by atoms with Gasteiger partial charge in [0.2, 0.25) is 5.91 Å². The Balaban J connectivity index is 1.89. The lowest BCUT2D eigenvalue weighted by molar-refractivity contribution is -0.122. The van der Waals surface area contributed by atoms with E-state index >= 15 is 0 Å². The summed E-state index contributed by atoms with van der Waals surface area (Å²) in [5, 5.41) is 2.99. The van der Waals surface area contributed by atoms with E-state index in [1.807, 2.05) is 6.92 Å². The highest BCUT2D eigenvalue weighted by Gasteiger charge is 2.40. The summed E-state index contributed by atoms with van der Waals surface area (Å²) in [5.74, 6) is 0.363. The normalized spacial score (nSPS) is 27.1. The van der Waals surface area contributed by atoms with E-state index in [2.05, 4.69) is 44.3 Å². The van der Waals surface area contributed by atoms with Gasteiger partial charge in [-0.25, -0.2) is 0 Å². The Kier molecular flexibility index (Phi) is 3.73. The van der Waals surface area contributed by atoms with Crippen LogP contribution in [0.25, 0.3) is 0 Å². The van der Waals surface area contributed by atoms with E-state index in [9.17, 15) is 4.79 Å². The molecule has 2 aliphatic heterocycles. The highest BCUT2D eigenvalue weighted by atomic mass is 79.9. The lowest BCUT2D eigenvalue weighted by atomic mass is 9.91. The van der Waals surface area contributed by atoms with E-state index in [1.54, 1.807) is 0 Å². The third-order valence-electron chi connectivity index (χ3n) is 4.41. The number of rotatable bonds is 2. The number of anilines is 1. The summed E-state index contributed by atoms with van der Waals surface area (Å²) in [6.45, 7) is 3.76. The topological polar surface area (TPSA) is 58.4 Å². The second-order valence-electron chi connectivity index (χ2n) is 5.75. The zero-order valence-corrected chi connectivity index (χ0v) is 13.2. The van der Waals surface area contributed by atoms with Gasteiger partial charge in [-0.05, 0) is 37.5 Å². The van der Waals surface area contributed by atoms with Gasteiger partial charge in [0.25, 0.3) is 0 Å². The number of amides is 1. The number of carbonyl (C=O) groups is 1. The molecule has 2 fully saturated rings. The molecule has 1 aromatic carbocycles. The molecule has 2 saturated heterocycles. The highest BCUT2D eigenvalue weighted by Crippen LogP contribution is 2.34. The third kappa shape index (κ3) is 2.33. The molecule has 5 heteroatoms. The molecule has 1 aromatic rings. The van der Waals surface area contributed by atoms with Crippen LogP contribution in [0.4, 0.5) is 5.69 Å². The molecular formula is C15H20BrN3O. The van der Waals surface area contributed by atoms with Crippen LogP contribution in [0.1, 0.15) is 31.4 Å². The van der Waals surface area contributed by atoms with Crippen molar-refractivity contribution in [2.24, 2.45) is 11.7 Å². The number of piperidine rings is 1. The van der Waals surface area contributed by atoms with Crippen molar-refractivity contribution >= 4 is 27.5 Å². The fourth-order valence-corrected chi connectivity index (χ4v) is 4.06. The number of fused-ring (bicyclic) bond motifs is 1. The van der Waals surface area contributed by atoms with Crippen LogP contribution in [0.15, 0.2) is 22.7 Å². The fraction of sp³-hybridized carbons (Fsp3) is 0.533. The van der Waals surface area contributed by atoms with E-state index in [4.69, 9.17) is 5.73 Å². The zero-order valence-electron chi connectivity index (χ0n) is 11.6. The molecule has 108 valence electrons. The number of halogens is 1. The maximum Gasteiger partial charge on any atom is 0.225 e. The zero-order chi connectivity index (χ0) is 14.3. The minimum Gasteiger partial charge on any atom is -0.366 e. The van der Waals surface area contributed by atoms with Crippen LogP contribution in [-0.2, 0) is 4.79 Å². The summed E-state index contributed by atoms with van der Waals surface area (Å²) < 4.78 is 1.05. The summed E-state index contributed by atoms with van der Waals surface area (Å²) in [4.78, 5) is 14.2. The molecule has 20 heavy (non-hydrogen) atoms. The van der Waals surface area contributed by atoms with E-state index in [1.165, 1.54) is 5.69 Å². The van der Waals surface area contributed by atoms with Gasteiger partial charge in [0.05, 0.1) is 12.0 Å². The molecule has 0 aliphatic carbocycles. The van der Waals surface area contributed by atoms with Gasteiger partial charge in [-0.3, -0.25) is 4.79 Å². The summed E-state index contributed by atoms with van der Waals surface area (Å²) in [7, 11) is 0. The number of nitrogens with two attached hydrogens (primary N) is 1. The SMILES string of the molecule is CC(N)c1ccc(N2CCCC3C(=O)NCC32)cc1Br. The van der Waals surface area contributed by atoms with E-state index in [0.29, 0.717) is 6.04 Å². The van der Waals surface area contributed by atoms with Crippen LogP contribution in [0.2, 0.25) is 0 Å². The summed E-state index contributed by atoms with van der Waals surface area (Å²) >= 11 is 3.61. The van der Waals surface area contributed by atoms with Crippen molar-refractivity contribution in [3.05, 3.63) is 28.2 Å². The molecule has 3 rings (SSSR count). The first-order valence-electron chi connectivity index (χ1n) is 7.17. The Hall–Kier alpha value is -1.07. The van der Waals surface area contributed by atoms with Gasteiger partial charge < -0.3 is 16.0 Å². The monoisotopic (exact) mass is 337 g/mol. The number of nitrogens with zero attached hydrogens (tertiary/aromatic N) is 1. The van der Waals surface area contributed by atoms with Gasteiger partial charge in [0.15, 0.2) is 0 Å². The van der Waals surface area contributed by atoms with E-state index in [-0.39, 0.29) is 17.9 Å². The molecule has 2 aliphatic rings. The molecule has 1 amide bonds.